The SMILES string of the molecule is COC(=O)C(C)NC(=O)CCN. The van der Waals surface area contributed by atoms with Crippen molar-refractivity contribution in [3.63, 3.8) is 0 Å². The van der Waals surface area contributed by atoms with Gasteiger partial charge in [0.15, 0.2) is 0 Å². The first kappa shape index (κ1) is 10.9. The Morgan fingerprint density at radius 1 is 1.58 bits per heavy atom. The fourth-order valence-corrected chi connectivity index (χ4v) is 0.680. The number of ether oxygens (including phenoxy) is 1. The maximum absolute atomic E-state index is 10.9. The predicted octanol–water partition coefficient (Wildman–Crippen LogP) is -0.987. The molecule has 12 heavy (non-hydrogen) atoms. The average molecular weight is 174 g/mol. The van der Waals surface area contributed by atoms with Crippen LogP contribution < -0.4 is 11.1 Å². The van der Waals surface area contributed by atoms with Gasteiger partial charge in [-0.25, -0.2) is 4.79 Å². The number of amides is 1. The minimum absolute atomic E-state index is 0.224. The Hall–Kier alpha value is -1.10. The van der Waals surface area contributed by atoms with Crippen molar-refractivity contribution in [1.82, 2.24) is 5.32 Å². The molecule has 1 unspecified atom stereocenters. The number of methoxy groups -OCH3 is 1. The first-order valence-corrected chi connectivity index (χ1v) is 3.69. The van der Waals surface area contributed by atoms with E-state index in [4.69, 9.17) is 5.73 Å². The van der Waals surface area contributed by atoms with E-state index in [1.807, 2.05) is 0 Å². The fourth-order valence-electron chi connectivity index (χ4n) is 0.680. The molecule has 0 aliphatic heterocycles. The molecule has 0 aliphatic carbocycles. The van der Waals surface area contributed by atoms with E-state index in [9.17, 15) is 9.59 Å². The van der Waals surface area contributed by atoms with E-state index in [1.54, 1.807) is 6.92 Å². The minimum atomic E-state index is -0.603. The molecule has 0 saturated heterocycles. The van der Waals surface area contributed by atoms with Gasteiger partial charge in [-0.1, -0.05) is 0 Å². The molecule has 1 amide bonds. The summed E-state index contributed by atoms with van der Waals surface area (Å²) in [6.45, 7) is 1.83. The third kappa shape index (κ3) is 3.92. The van der Waals surface area contributed by atoms with Crippen molar-refractivity contribution in [1.29, 1.82) is 0 Å². The monoisotopic (exact) mass is 174 g/mol. The van der Waals surface area contributed by atoms with E-state index in [0.717, 1.165) is 0 Å². The predicted molar refractivity (Wildman–Crippen MR) is 43.3 cm³/mol. The molecule has 70 valence electrons. The molecule has 1 atom stereocenters. The van der Waals surface area contributed by atoms with E-state index in [-0.39, 0.29) is 18.9 Å². The third-order valence-corrected chi connectivity index (χ3v) is 1.30. The number of hydrogen-bond donors (Lipinski definition) is 2. The van der Waals surface area contributed by atoms with Crippen molar-refractivity contribution >= 4 is 11.9 Å². The number of nitrogens with two attached hydrogens (primary N) is 1. The van der Waals surface area contributed by atoms with E-state index in [0.29, 0.717) is 0 Å². The van der Waals surface area contributed by atoms with Crippen LogP contribution >= 0.6 is 0 Å². The Balaban J connectivity index is 3.75. The van der Waals surface area contributed by atoms with Gasteiger partial charge in [-0.05, 0) is 6.92 Å². The standard InChI is InChI=1S/C7H14N2O3/c1-5(7(11)12-2)9-6(10)3-4-8/h5H,3-4,8H2,1-2H3,(H,9,10). The number of nitrogens with one attached hydrogen (secondary N) is 1. The zero-order valence-electron chi connectivity index (χ0n) is 7.29. The summed E-state index contributed by atoms with van der Waals surface area (Å²) in [4.78, 5) is 21.7. The summed E-state index contributed by atoms with van der Waals surface area (Å²) in [5.41, 5.74) is 5.14. The van der Waals surface area contributed by atoms with Gasteiger partial charge in [0, 0.05) is 13.0 Å². The van der Waals surface area contributed by atoms with Crippen molar-refractivity contribution in [3.8, 4) is 0 Å². The lowest BCUT2D eigenvalue weighted by molar-refractivity contribution is -0.144. The Morgan fingerprint density at radius 3 is 2.58 bits per heavy atom. The molecule has 0 heterocycles. The van der Waals surface area contributed by atoms with Gasteiger partial charge < -0.3 is 15.8 Å². The van der Waals surface area contributed by atoms with Crippen molar-refractivity contribution < 1.29 is 14.3 Å². The molecule has 0 saturated carbocycles. The highest BCUT2D eigenvalue weighted by molar-refractivity contribution is 5.84. The summed E-state index contributed by atoms with van der Waals surface area (Å²) in [6, 6.07) is -0.603. The summed E-state index contributed by atoms with van der Waals surface area (Å²) in [5, 5.41) is 2.44. The molecular weight excluding hydrogens is 160 g/mol. The number of carbonyl (C=O) groups is 2. The number of carbonyl (C=O) groups excluding carboxylic acids is 2. The molecule has 0 aromatic rings. The molecule has 0 spiro atoms. The summed E-state index contributed by atoms with van der Waals surface area (Å²) in [6.07, 6.45) is 0.224. The van der Waals surface area contributed by atoms with E-state index < -0.39 is 12.0 Å². The molecule has 0 radical (unpaired) electrons. The maximum Gasteiger partial charge on any atom is 0.328 e. The van der Waals surface area contributed by atoms with Gasteiger partial charge in [0.05, 0.1) is 7.11 Å². The van der Waals surface area contributed by atoms with Crippen LogP contribution in [-0.2, 0) is 14.3 Å². The molecule has 0 fully saturated rings. The van der Waals surface area contributed by atoms with Crippen molar-refractivity contribution in [3.05, 3.63) is 0 Å². The third-order valence-electron chi connectivity index (χ3n) is 1.30. The highest BCUT2D eigenvalue weighted by Crippen LogP contribution is 1.86. The normalized spacial score (nSPS) is 11.9. The number of hydrogen-bond acceptors (Lipinski definition) is 4. The van der Waals surface area contributed by atoms with Crippen LogP contribution in [0.2, 0.25) is 0 Å². The summed E-state index contributed by atoms with van der Waals surface area (Å²) in [7, 11) is 1.27. The molecule has 0 aromatic carbocycles. The topological polar surface area (TPSA) is 81.4 Å². The average Bonchev–Trinajstić information content (AvgIpc) is 2.03. The largest absolute Gasteiger partial charge is 0.467 e. The van der Waals surface area contributed by atoms with Crippen LogP contribution in [0.3, 0.4) is 0 Å². The minimum Gasteiger partial charge on any atom is -0.467 e. The smallest absolute Gasteiger partial charge is 0.328 e. The van der Waals surface area contributed by atoms with Crippen molar-refractivity contribution in [2.45, 2.75) is 19.4 Å². The lowest BCUT2D eigenvalue weighted by Crippen LogP contribution is -2.39. The Labute approximate surface area is 71.3 Å². The van der Waals surface area contributed by atoms with E-state index in [2.05, 4.69) is 10.1 Å². The van der Waals surface area contributed by atoms with Gasteiger partial charge in [-0.3, -0.25) is 4.79 Å². The highest BCUT2D eigenvalue weighted by atomic mass is 16.5. The lowest BCUT2D eigenvalue weighted by Gasteiger charge is -2.10. The van der Waals surface area contributed by atoms with Crippen LogP contribution in [0.25, 0.3) is 0 Å². The maximum atomic E-state index is 10.9. The molecule has 0 rings (SSSR count). The number of esters is 1. The molecule has 5 heteroatoms. The van der Waals surface area contributed by atoms with Crippen LogP contribution in [0.15, 0.2) is 0 Å². The Bertz CT molecular complexity index is 170. The van der Waals surface area contributed by atoms with Crippen LogP contribution in [0.1, 0.15) is 13.3 Å². The van der Waals surface area contributed by atoms with Crippen LogP contribution in [0.5, 0.6) is 0 Å². The summed E-state index contributed by atoms with van der Waals surface area (Å²) >= 11 is 0. The summed E-state index contributed by atoms with van der Waals surface area (Å²) in [5.74, 6) is -0.698. The fraction of sp³-hybridized carbons (Fsp3) is 0.714. The molecule has 0 aromatic heterocycles. The van der Waals surface area contributed by atoms with Gasteiger partial charge in [-0.15, -0.1) is 0 Å². The second-order valence-electron chi connectivity index (χ2n) is 2.35. The highest BCUT2D eigenvalue weighted by Gasteiger charge is 2.14. The zero-order valence-corrected chi connectivity index (χ0v) is 7.29. The lowest BCUT2D eigenvalue weighted by atomic mass is 10.3. The number of rotatable bonds is 4. The van der Waals surface area contributed by atoms with Crippen LogP contribution in [-0.4, -0.2) is 31.6 Å². The molecule has 0 aliphatic rings. The van der Waals surface area contributed by atoms with Gasteiger partial charge >= 0.3 is 5.97 Å². The summed E-state index contributed by atoms with van der Waals surface area (Å²) < 4.78 is 4.41. The quantitative estimate of drug-likeness (QED) is 0.536. The van der Waals surface area contributed by atoms with Crippen LogP contribution in [0, 0.1) is 0 Å². The zero-order chi connectivity index (χ0) is 9.56. The van der Waals surface area contributed by atoms with Gasteiger partial charge in [0.1, 0.15) is 6.04 Å². The first-order valence-electron chi connectivity index (χ1n) is 3.69. The second-order valence-corrected chi connectivity index (χ2v) is 2.35. The van der Waals surface area contributed by atoms with Gasteiger partial charge in [0.2, 0.25) is 5.91 Å². The first-order chi connectivity index (χ1) is 5.61. The van der Waals surface area contributed by atoms with E-state index >= 15 is 0 Å². The van der Waals surface area contributed by atoms with Gasteiger partial charge in [0.25, 0.3) is 0 Å². The Kier molecular flexibility index (Phi) is 5.03. The van der Waals surface area contributed by atoms with Gasteiger partial charge in [-0.2, -0.15) is 0 Å². The van der Waals surface area contributed by atoms with Crippen molar-refractivity contribution in [2.75, 3.05) is 13.7 Å². The molecule has 5 nitrogen and oxygen atoms in total. The van der Waals surface area contributed by atoms with Crippen molar-refractivity contribution in [2.24, 2.45) is 5.73 Å². The molecule has 0 bridgehead atoms. The Morgan fingerprint density at radius 2 is 2.17 bits per heavy atom. The second kappa shape index (κ2) is 5.54. The van der Waals surface area contributed by atoms with E-state index in [1.165, 1.54) is 7.11 Å². The van der Waals surface area contributed by atoms with Crippen LogP contribution in [0.4, 0.5) is 0 Å². The molecule has 3 N–H and O–H groups in total. The molecular formula is C7H14N2O3.